The van der Waals surface area contributed by atoms with Gasteiger partial charge in [-0.2, -0.15) is 4.31 Å². The SMILES string of the molecule is COc1ccc(C(C)C)cc1S(=O)(=O)N1CCC[C@H](C(=O)N2CCN(c3ccc(F)cc3)CC2)C1. The summed E-state index contributed by atoms with van der Waals surface area (Å²) in [5, 5.41) is 0. The number of hydrogen-bond donors (Lipinski definition) is 0. The summed E-state index contributed by atoms with van der Waals surface area (Å²) < 4.78 is 47.2. The number of nitrogens with zero attached hydrogens (tertiary/aromatic N) is 3. The van der Waals surface area contributed by atoms with Crippen LogP contribution < -0.4 is 9.64 Å². The van der Waals surface area contributed by atoms with E-state index in [0.29, 0.717) is 51.3 Å². The number of methoxy groups -OCH3 is 1. The first-order valence-corrected chi connectivity index (χ1v) is 13.6. The number of carbonyl (C=O) groups excluding carboxylic acids is 1. The van der Waals surface area contributed by atoms with Crippen LogP contribution in [0.4, 0.5) is 10.1 Å². The third-order valence-electron chi connectivity index (χ3n) is 6.99. The van der Waals surface area contributed by atoms with Gasteiger partial charge in [0.15, 0.2) is 0 Å². The van der Waals surface area contributed by atoms with Gasteiger partial charge in [-0.3, -0.25) is 4.79 Å². The van der Waals surface area contributed by atoms with Gasteiger partial charge in [-0.25, -0.2) is 12.8 Å². The summed E-state index contributed by atoms with van der Waals surface area (Å²) in [4.78, 5) is 17.5. The number of ether oxygens (including phenoxy) is 1. The average Bonchev–Trinajstić information content (AvgIpc) is 2.88. The Labute approximate surface area is 207 Å². The predicted molar refractivity (Wildman–Crippen MR) is 134 cm³/mol. The molecular weight excluding hydrogens is 469 g/mol. The fraction of sp³-hybridized carbons (Fsp3) is 0.500. The molecule has 0 N–H and O–H groups in total. The normalized spacial score (nSPS) is 19.7. The van der Waals surface area contributed by atoms with E-state index in [1.54, 1.807) is 24.3 Å². The van der Waals surface area contributed by atoms with Gasteiger partial charge in [0.1, 0.15) is 16.5 Å². The lowest BCUT2D eigenvalue weighted by molar-refractivity contribution is -0.137. The summed E-state index contributed by atoms with van der Waals surface area (Å²) in [6, 6.07) is 11.7. The van der Waals surface area contributed by atoms with Gasteiger partial charge in [0.05, 0.1) is 13.0 Å². The molecule has 2 heterocycles. The quantitative estimate of drug-likeness (QED) is 0.601. The maximum absolute atomic E-state index is 13.6. The maximum Gasteiger partial charge on any atom is 0.246 e. The molecule has 1 amide bonds. The molecule has 2 aliphatic rings. The van der Waals surface area contributed by atoms with Crippen LogP contribution in [0.2, 0.25) is 0 Å². The molecular formula is C26H34FN3O4S. The van der Waals surface area contributed by atoms with Crippen LogP contribution in [0.15, 0.2) is 47.4 Å². The fourth-order valence-electron chi connectivity index (χ4n) is 4.85. The standard InChI is InChI=1S/C26H34FN3O4S/c1-19(2)20-6-11-24(34-3)25(17-20)35(32,33)30-12-4-5-21(18-30)26(31)29-15-13-28(14-16-29)23-9-7-22(27)8-10-23/h6-11,17,19,21H,4-5,12-16,18H2,1-3H3/t21-/m0/s1. The molecule has 7 nitrogen and oxygen atoms in total. The Kier molecular flexibility index (Phi) is 7.66. The van der Waals surface area contributed by atoms with E-state index in [0.717, 1.165) is 11.3 Å². The van der Waals surface area contributed by atoms with Crippen LogP contribution in [0, 0.1) is 11.7 Å². The number of hydrogen-bond acceptors (Lipinski definition) is 5. The number of benzene rings is 2. The summed E-state index contributed by atoms with van der Waals surface area (Å²) in [7, 11) is -2.34. The van der Waals surface area contributed by atoms with Gasteiger partial charge in [-0.15, -0.1) is 0 Å². The third-order valence-corrected chi connectivity index (χ3v) is 8.87. The van der Waals surface area contributed by atoms with Crippen molar-refractivity contribution < 1.29 is 22.3 Å². The zero-order chi connectivity index (χ0) is 25.2. The van der Waals surface area contributed by atoms with Crippen molar-refractivity contribution in [3.8, 4) is 5.75 Å². The van der Waals surface area contributed by atoms with E-state index >= 15 is 0 Å². The largest absolute Gasteiger partial charge is 0.495 e. The maximum atomic E-state index is 13.6. The van der Waals surface area contributed by atoms with E-state index in [2.05, 4.69) is 4.90 Å². The minimum Gasteiger partial charge on any atom is -0.495 e. The Balaban J connectivity index is 1.44. The lowest BCUT2D eigenvalue weighted by atomic mass is 9.97. The molecule has 0 radical (unpaired) electrons. The highest BCUT2D eigenvalue weighted by Gasteiger charge is 2.37. The molecule has 2 aromatic carbocycles. The first-order valence-electron chi connectivity index (χ1n) is 12.2. The second kappa shape index (κ2) is 10.5. The predicted octanol–water partition coefficient (Wildman–Crippen LogP) is 3.71. The number of piperidine rings is 1. The molecule has 0 aromatic heterocycles. The monoisotopic (exact) mass is 503 g/mol. The van der Waals surface area contributed by atoms with Crippen molar-refractivity contribution in [2.24, 2.45) is 5.92 Å². The van der Waals surface area contributed by atoms with Crippen LogP contribution in [0.3, 0.4) is 0 Å². The Morgan fingerprint density at radius 1 is 1.03 bits per heavy atom. The van der Waals surface area contributed by atoms with Crippen LogP contribution in [0.5, 0.6) is 5.75 Å². The molecule has 2 saturated heterocycles. The first kappa shape index (κ1) is 25.4. The van der Waals surface area contributed by atoms with E-state index in [9.17, 15) is 17.6 Å². The number of halogens is 1. The van der Waals surface area contributed by atoms with Gasteiger partial charge in [0, 0.05) is 45.0 Å². The van der Waals surface area contributed by atoms with Crippen molar-refractivity contribution in [1.82, 2.24) is 9.21 Å². The van der Waals surface area contributed by atoms with Gasteiger partial charge < -0.3 is 14.5 Å². The highest BCUT2D eigenvalue weighted by molar-refractivity contribution is 7.89. The van der Waals surface area contributed by atoms with E-state index in [1.807, 2.05) is 24.8 Å². The first-order chi connectivity index (χ1) is 16.7. The Morgan fingerprint density at radius 2 is 1.71 bits per heavy atom. The average molecular weight is 504 g/mol. The molecule has 4 rings (SSSR count). The summed E-state index contributed by atoms with van der Waals surface area (Å²) >= 11 is 0. The van der Waals surface area contributed by atoms with Crippen molar-refractivity contribution in [2.75, 3.05) is 51.3 Å². The van der Waals surface area contributed by atoms with E-state index in [1.165, 1.54) is 23.5 Å². The molecule has 2 aromatic rings. The van der Waals surface area contributed by atoms with Crippen LogP contribution >= 0.6 is 0 Å². The highest BCUT2D eigenvalue weighted by atomic mass is 32.2. The zero-order valence-corrected chi connectivity index (χ0v) is 21.4. The number of sulfonamides is 1. The number of carbonyl (C=O) groups is 1. The Bertz CT molecular complexity index is 1150. The summed E-state index contributed by atoms with van der Waals surface area (Å²) in [5.41, 5.74) is 1.86. The summed E-state index contributed by atoms with van der Waals surface area (Å²) in [5.74, 6) is -0.131. The van der Waals surface area contributed by atoms with Gasteiger partial charge in [-0.05, 0) is 60.7 Å². The van der Waals surface area contributed by atoms with Crippen LogP contribution in [0.25, 0.3) is 0 Å². The van der Waals surface area contributed by atoms with Crippen LogP contribution in [-0.4, -0.2) is 69.9 Å². The molecule has 35 heavy (non-hydrogen) atoms. The molecule has 2 fully saturated rings. The molecule has 0 saturated carbocycles. The van der Waals surface area contributed by atoms with Gasteiger partial charge >= 0.3 is 0 Å². The molecule has 0 aliphatic carbocycles. The summed E-state index contributed by atoms with van der Waals surface area (Å²) in [6.45, 7) is 7.03. The minimum atomic E-state index is -3.81. The lowest BCUT2D eigenvalue weighted by Gasteiger charge is -2.39. The third kappa shape index (κ3) is 5.46. The molecule has 190 valence electrons. The van der Waals surface area contributed by atoms with Gasteiger partial charge in [0.2, 0.25) is 15.9 Å². The van der Waals surface area contributed by atoms with Gasteiger partial charge in [0.25, 0.3) is 0 Å². The second-order valence-corrected chi connectivity index (χ2v) is 11.5. The summed E-state index contributed by atoms with van der Waals surface area (Å²) in [6.07, 6.45) is 1.31. The minimum absolute atomic E-state index is 0.00607. The Hall–Kier alpha value is -2.65. The van der Waals surface area contributed by atoms with E-state index < -0.39 is 10.0 Å². The Morgan fingerprint density at radius 3 is 2.34 bits per heavy atom. The zero-order valence-electron chi connectivity index (χ0n) is 20.6. The van der Waals surface area contributed by atoms with Crippen molar-refractivity contribution in [3.63, 3.8) is 0 Å². The van der Waals surface area contributed by atoms with Crippen LogP contribution in [-0.2, 0) is 14.8 Å². The molecule has 0 unspecified atom stereocenters. The lowest BCUT2D eigenvalue weighted by Crippen LogP contribution is -2.53. The highest BCUT2D eigenvalue weighted by Crippen LogP contribution is 2.33. The molecule has 0 bridgehead atoms. The smallest absolute Gasteiger partial charge is 0.246 e. The number of rotatable bonds is 6. The van der Waals surface area contributed by atoms with Crippen molar-refractivity contribution >= 4 is 21.6 Å². The number of anilines is 1. The number of piperazine rings is 1. The van der Waals surface area contributed by atoms with Crippen molar-refractivity contribution in [1.29, 1.82) is 0 Å². The molecule has 2 aliphatic heterocycles. The van der Waals surface area contributed by atoms with E-state index in [-0.39, 0.29) is 35.0 Å². The van der Waals surface area contributed by atoms with Crippen molar-refractivity contribution in [2.45, 2.75) is 37.5 Å². The van der Waals surface area contributed by atoms with Gasteiger partial charge in [-0.1, -0.05) is 19.9 Å². The molecule has 0 spiro atoms. The molecule has 1 atom stereocenters. The molecule has 9 heteroatoms. The van der Waals surface area contributed by atoms with Crippen molar-refractivity contribution in [3.05, 3.63) is 53.8 Å². The fourth-order valence-corrected chi connectivity index (χ4v) is 6.56. The second-order valence-electron chi connectivity index (χ2n) is 9.56. The topological polar surface area (TPSA) is 70.2 Å². The van der Waals surface area contributed by atoms with Crippen LogP contribution in [0.1, 0.15) is 38.2 Å². The van der Waals surface area contributed by atoms with E-state index in [4.69, 9.17) is 4.74 Å². The number of amides is 1.